The van der Waals surface area contributed by atoms with Crippen LogP contribution in [0.4, 0.5) is 0 Å². The second-order valence-electron chi connectivity index (χ2n) is 7.55. The predicted octanol–water partition coefficient (Wildman–Crippen LogP) is 5.88. The number of thiophene rings is 1. The lowest BCUT2D eigenvalue weighted by molar-refractivity contribution is 0.133. The lowest BCUT2D eigenvalue weighted by Gasteiger charge is -2.39. The van der Waals surface area contributed by atoms with Gasteiger partial charge in [-0.1, -0.05) is 27.7 Å². The summed E-state index contributed by atoms with van der Waals surface area (Å²) in [4.78, 5) is 1.51. The average Bonchev–Trinajstić information content (AvgIpc) is 2.83. The Morgan fingerprint density at radius 1 is 1.24 bits per heavy atom. The van der Waals surface area contributed by atoms with Crippen molar-refractivity contribution in [3.05, 3.63) is 20.8 Å². The summed E-state index contributed by atoms with van der Waals surface area (Å²) in [6, 6.07) is 5.11. The highest BCUT2D eigenvalue weighted by atomic mass is 79.9. The van der Waals surface area contributed by atoms with E-state index in [1.165, 1.54) is 40.8 Å². The number of hydrogen-bond acceptors (Lipinski definition) is 2. The highest BCUT2D eigenvalue weighted by Gasteiger charge is 2.32. The highest BCUT2D eigenvalue weighted by molar-refractivity contribution is 9.11. The van der Waals surface area contributed by atoms with Gasteiger partial charge >= 0.3 is 0 Å². The topological polar surface area (TPSA) is 12.0 Å². The van der Waals surface area contributed by atoms with E-state index in [1.54, 1.807) is 0 Å². The molecular weight excluding hydrogens is 342 g/mol. The van der Waals surface area contributed by atoms with Crippen LogP contribution in [-0.4, -0.2) is 12.6 Å². The van der Waals surface area contributed by atoms with Crippen LogP contribution in [0.2, 0.25) is 0 Å². The molecule has 1 unspecified atom stereocenters. The molecule has 0 bridgehead atoms. The molecule has 0 spiro atoms. The molecule has 0 aromatic carbocycles. The molecule has 1 saturated carbocycles. The molecule has 1 atom stereocenters. The Bertz CT molecular complexity index is 427. The SMILES string of the molecule is CCNC(Cc1ccc(Br)s1)C1CCC(C(C)(C)C)CC1. The minimum Gasteiger partial charge on any atom is -0.314 e. The van der Waals surface area contributed by atoms with E-state index in [9.17, 15) is 0 Å². The average molecular weight is 372 g/mol. The Morgan fingerprint density at radius 3 is 2.38 bits per heavy atom. The van der Waals surface area contributed by atoms with Crippen LogP contribution < -0.4 is 5.32 Å². The number of likely N-dealkylation sites (N-methyl/N-ethyl adjacent to an activating group) is 1. The number of halogens is 1. The Balaban J connectivity index is 1.93. The molecule has 1 nitrogen and oxygen atoms in total. The first-order chi connectivity index (χ1) is 9.90. The smallest absolute Gasteiger partial charge is 0.0701 e. The van der Waals surface area contributed by atoms with Crippen LogP contribution in [0.3, 0.4) is 0 Å². The summed E-state index contributed by atoms with van der Waals surface area (Å²) in [5.41, 5.74) is 0.483. The van der Waals surface area contributed by atoms with Crippen LogP contribution in [0, 0.1) is 17.3 Å². The molecule has 1 heterocycles. The first kappa shape index (κ1) is 17.5. The molecule has 0 saturated heterocycles. The fourth-order valence-electron chi connectivity index (χ4n) is 3.73. The van der Waals surface area contributed by atoms with E-state index in [1.807, 2.05) is 11.3 Å². The van der Waals surface area contributed by atoms with Gasteiger partial charge in [-0.3, -0.25) is 0 Å². The lowest BCUT2D eigenvalue weighted by atomic mass is 9.68. The zero-order valence-electron chi connectivity index (χ0n) is 13.9. The second-order valence-corrected chi connectivity index (χ2v) is 10.1. The molecule has 1 aliphatic rings. The highest BCUT2D eigenvalue weighted by Crippen LogP contribution is 2.41. The van der Waals surface area contributed by atoms with Crippen molar-refractivity contribution in [1.82, 2.24) is 5.32 Å². The molecular formula is C18H30BrNS. The van der Waals surface area contributed by atoms with Gasteiger partial charge in [-0.25, -0.2) is 0 Å². The van der Waals surface area contributed by atoms with Gasteiger partial charge in [-0.15, -0.1) is 11.3 Å². The summed E-state index contributed by atoms with van der Waals surface area (Å²) in [5, 5.41) is 3.76. The largest absolute Gasteiger partial charge is 0.314 e. The van der Waals surface area contributed by atoms with Crippen molar-refractivity contribution >= 4 is 27.3 Å². The second kappa shape index (κ2) is 7.61. The fourth-order valence-corrected chi connectivity index (χ4v) is 5.27. The summed E-state index contributed by atoms with van der Waals surface area (Å²) in [6.45, 7) is 10.5. The molecule has 1 fully saturated rings. The van der Waals surface area contributed by atoms with Crippen molar-refractivity contribution in [3.8, 4) is 0 Å². The van der Waals surface area contributed by atoms with E-state index >= 15 is 0 Å². The van der Waals surface area contributed by atoms with Crippen LogP contribution in [-0.2, 0) is 6.42 Å². The first-order valence-electron chi connectivity index (χ1n) is 8.37. The maximum Gasteiger partial charge on any atom is 0.0701 e. The van der Waals surface area contributed by atoms with Gasteiger partial charge in [-0.05, 0) is 84.0 Å². The quantitative estimate of drug-likeness (QED) is 0.680. The number of hydrogen-bond donors (Lipinski definition) is 1. The van der Waals surface area contributed by atoms with Crippen molar-refractivity contribution in [2.75, 3.05) is 6.54 Å². The van der Waals surface area contributed by atoms with Crippen molar-refractivity contribution in [2.24, 2.45) is 17.3 Å². The molecule has 21 heavy (non-hydrogen) atoms. The molecule has 120 valence electrons. The molecule has 1 aromatic rings. The summed E-state index contributed by atoms with van der Waals surface area (Å²) >= 11 is 5.47. The van der Waals surface area contributed by atoms with E-state index in [4.69, 9.17) is 0 Å². The maximum absolute atomic E-state index is 3.76. The van der Waals surface area contributed by atoms with E-state index < -0.39 is 0 Å². The van der Waals surface area contributed by atoms with E-state index in [-0.39, 0.29) is 0 Å². The fraction of sp³-hybridized carbons (Fsp3) is 0.778. The standard InChI is InChI=1S/C18H30BrNS/c1-5-20-16(12-15-10-11-17(19)21-15)13-6-8-14(9-7-13)18(2,3)4/h10-11,13-14,16,20H,5-9,12H2,1-4H3. The van der Waals surface area contributed by atoms with Gasteiger partial charge < -0.3 is 5.32 Å². The summed E-state index contributed by atoms with van der Waals surface area (Å²) in [7, 11) is 0. The zero-order chi connectivity index (χ0) is 15.5. The van der Waals surface area contributed by atoms with Crippen LogP contribution in [0.25, 0.3) is 0 Å². The van der Waals surface area contributed by atoms with Crippen molar-refractivity contribution in [3.63, 3.8) is 0 Å². The van der Waals surface area contributed by atoms with Gasteiger partial charge in [0.05, 0.1) is 3.79 Å². The Labute approximate surface area is 143 Å². The number of rotatable bonds is 5. The third-order valence-electron chi connectivity index (χ3n) is 5.08. The third-order valence-corrected chi connectivity index (χ3v) is 6.73. The van der Waals surface area contributed by atoms with E-state index in [0.717, 1.165) is 18.4 Å². The van der Waals surface area contributed by atoms with Crippen molar-refractivity contribution in [1.29, 1.82) is 0 Å². The van der Waals surface area contributed by atoms with Crippen LogP contribution in [0.5, 0.6) is 0 Å². The minimum absolute atomic E-state index is 0.483. The predicted molar refractivity (Wildman–Crippen MR) is 98.1 cm³/mol. The molecule has 0 radical (unpaired) electrons. The van der Waals surface area contributed by atoms with Crippen LogP contribution in [0.1, 0.15) is 58.3 Å². The van der Waals surface area contributed by atoms with Crippen LogP contribution in [0.15, 0.2) is 15.9 Å². The number of nitrogens with one attached hydrogen (secondary N) is 1. The Morgan fingerprint density at radius 2 is 1.90 bits per heavy atom. The molecule has 0 aliphatic heterocycles. The summed E-state index contributed by atoms with van der Waals surface area (Å²) < 4.78 is 1.25. The maximum atomic E-state index is 3.76. The molecule has 2 rings (SSSR count). The lowest BCUT2D eigenvalue weighted by Crippen LogP contribution is -2.40. The van der Waals surface area contributed by atoms with Gasteiger partial charge in [0.15, 0.2) is 0 Å². The third kappa shape index (κ3) is 5.07. The normalized spacial score (nSPS) is 25.0. The molecule has 3 heteroatoms. The van der Waals surface area contributed by atoms with Gasteiger partial charge in [0, 0.05) is 10.9 Å². The zero-order valence-corrected chi connectivity index (χ0v) is 16.3. The monoisotopic (exact) mass is 371 g/mol. The molecule has 0 amide bonds. The van der Waals surface area contributed by atoms with E-state index in [2.05, 4.69) is 61.1 Å². The van der Waals surface area contributed by atoms with Gasteiger partial charge in [-0.2, -0.15) is 0 Å². The summed E-state index contributed by atoms with van der Waals surface area (Å²) in [5.74, 6) is 1.76. The van der Waals surface area contributed by atoms with Gasteiger partial charge in [0.1, 0.15) is 0 Å². The Hall–Kier alpha value is 0.140. The van der Waals surface area contributed by atoms with Crippen LogP contribution >= 0.6 is 27.3 Å². The summed E-state index contributed by atoms with van der Waals surface area (Å²) in [6.07, 6.45) is 6.79. The Kier molecular flexibility index (Phi) is 6.34. The van der Waals surface area contributed by atoms with E-state index in [0.29, 0.717) is 11.5 Å². The van der Waals surface area contributed by atoms with Crippen molar-refractivity contribution < 1.29 is 0 Å². The van der Waals surface area contributed by atoms with Crippen molar-refractivity contribution in [2.45, 2.75) is 65.8 Å². The molecule has 1 aliphatic carbocycles. The molecule has 1 aromatic heterocycles. The van der Waals surface area contributed by atoms with Gasteiger partial charge in [0.25, 0.3) is 0 Å². The van der Waals surface area contributed by atoms with Gasteiger partial charge in [0.2, 0.25) is 0 Å². The first-order valence-corrected chi connectivity index (χ1v) is 9.98. The minimum atomic E-state index is 0.483. The molecule has 1 N–H and O–H groups in total.